The van der Waals surface area contributed by atoms with Crippen LogP contribution in [0.4, 0.5) is 0 Å². The van der Waals surface area contributed by atoms with Crippen molar-refractivity contribution in [3.63, 3.8) is 0 Å². The largest absolute Gasteiger partial charge is 0.480 e. The van der Waals surface area contributed by atoms with E-state index in [4.69, 9.17) is 5.11 Å². The van der Waals surface area contributed by atoms with Crippen LogP contribution in [0.5, 0.6) is 0 Å². The van der Waals surface area contributed by atoms with Gasteiger partial charge in [0.1, 0.15) is 12.1 Å². The molecule has 108 valence electrons. The maximum absolute atomic E-state index is 12.3. The number of hydrogen-bond acceptors (Lipinski definition) is 4. The second kappa shape index (κ2) is 6.04. The lowest BCUT2D eigenvalue weighted by molar-refractivity contribution is -0.141. The smallest absolute Gasteiger partial charge is 0.325 e. The molecule has 1 aromatic rings. The highest BCUT2D eigenvalue weighted by molar-refractivity contribution is 7.12. The van der Waals surface area contributed by atoms with Gasteiger partial charge in [0.05, 0.1) is 4.88 Å². The molecule has 1 fully saturated rings. The molecule has 1 aromatic heterocycles. The number of carbonyl (C=O) groups is 3. The lowest BCUT2D eigenvalue weighted by Crippen LogP contribution is -2.49. The van der Waals surface area contributed by atoms with E-state index in [0.717, 1.165) is 6.42 Å². The predicted molar refractivity (Wildman–Crippen MR) is 73.6 cm³/mol. The van der Waals surface area contributed by atoms with Crippen molar-refractivity contribution < 1.29 is 19.5 Å². The van der Waals surface area contributed by atoms with Gasteiger partial charge in [0.15, 0.2) is 0 Å². The van der Waals surface area contributed by atoms with Crippen LogP contribution in [0.15, 0.2) is 17.5 Å². The molecule has 1 saturated heterocycles. The second-order valence-electron chi connectivity index (χ2n) is 4.70. The first-order valence-electron chi connectivity index (χ1n) is 6.38. The van der Waals surface area contributed by atoms with Crippen LogP contribution in [0.2, 0.25) is 0 Å². The quantitative estimate of drug-likeness (QED) is 0.866. The van der Waals surface area contributed by atoms with E-state index in [1.807, 2.05) is 5.38 Å². The third kappa shape index (κ3) is 2.98. The Bertz CT molecular complexity index is 514. The van der Waals surface area contributed by atoms with Gasteiger partial charge < -0.3 is 15.3 Å². The molecule has 6 nitrogen and oxygen atoms in total. The van der Waals surface area contributed by atoms with Gasteiger partial charge in [-0.2, -0.15) is 0 Å². The summed E-state index contributed by atoms with van der Waals surface area (Å²) in [5.41, 5.74) is 0. The minimum Gasteiger partial charge on any atom is -0.480 e. The molecule has 1 aliphatic rings. The zero-order chi connectivity index (χ0) is 14.7. The highest BCUT2D eigenvalue weighted by atomic mass is 32.1. The van der Waals surface area contributed by atoms with Crippen molar-refractivity contribution in [2.75, 3.05) is 6.54 Å². The fourth-order valence-corrected chi connectivity index (χ4v) is 2.87. The van der Waals surface area contributed by atoms with Crippen LogP contribution < -0.4 is 5.32 Å². The third-order valence-electron chi connectivity index (χ3n) is 3.28. The van der Waals surface area contributed by atoms with Gasteiger partial charge in [-0.05, 0) is 31.2 Å². The summed E-state index contributed by atoms with van der Waals surface area (Å²) >= 11 is 1.33. The third-order valence-corrected chi connectivity index (χ3v) is 4.14. The van der Waals surface area contributed by atoms with Gasteiger partial charge in [-0.15, -0.1) is 11.3 Å². The second-order valence-corrected chi connectivity index (χ2v) is 5.65. The molecule has 0 spiro atoms. The molecule has 1 aliphatic heterocycles. The first kappa shape index (κ1) is 14.5. The predicted octanol–water partition coefficient (Wildman–Crippen LogP) is 0.942. The topological polar surface area (TPSA) is 86.7 Å². The molecule has 2 rings (SSSR count). The van der Waals surface area contributed by atoms with Crippen molar-refractivity contribution in [3.05, 3.63) is 22.4 Å². The van der Waals surface area contributed by atoms with Crippen LogP contribution >= 0.6 is 11.3 Å². The zero-order valence-corrected chi connectivity index (χ0v) is 11.9. The van der Waals surface area contributed by atoms with Crippen molar-refractivity contribution in [3.8, 4) is 0 Å². The van der Waals surface area contributed by atoms with Gasteiger partial charge >= 0.3 is 5.97 Å². The summed E-state index contributed by atoms with van der Waals surface area (Å²) < 4.78 is 0. The first-order chi connectivity index (χ1) is 9.50. The molecule has 2 heterocycles. The molecule has 7 heteroatoms. The van der Waals surface area contributed by atoms with Crippen LogP contribution in [-0.2, 0) is 9.59 Å². The van der Waals surface area contributed by atoms with E-state index in [1.54, 1.807) is 12.1 Å². The van der Waals surface area contributed by atoms with Crippen LogP contribution in [0, 0.1) is 0 Å². The standard InChI is InChI=1S/C13H16N2O4S/c1-8(13(18)19)14-11(16)9-4-2-6-15(9)12(17)10-5-3-7-20-10/h3,5,7-9H,2,4,6H2,1H3,(H,14,16)(H,18,19). The van der Waals surface area contributed by atoms with Gasteiger partial charge in [-0.3, -0.25) is 14.4 Å². The summed E-state index contributed by atoms with van der Waals surface area (Å²) in [5, 5.41) is 13.0. The van der Waals surface area contributed by atoms with Gasteiger partial charge in [0.2, 0.25) is 5.91 Å². The number of carboxylic acid groups (broad SMARTS) is 1. The summed E-state index contributed by atoms with van der Waals surface area (Å²) in [4.78, 5) is 37.2. The number of rotatable bonds is 4. The van der Waals surface area contributed by atoms with Gasteiger partial charge in [-0.25, -0.2) is 0 Å². The van der Waals surface area contributed by atoms with E-state index in [1.165, 1.54) is 23.2 Å². The highest BCUT2D eigenvalue weighted by Crippen LogP contribution is 2.22. The molecule has 0 bridgehead atoms. The van der Waals surface area contributed by atoms with E-state index in [2.05, 4.69) is 5.32 Å². The Labute approximate surface area is 120 Å². The van der Waals surface area contributed by atoms with E-state index >= 15 is 0 Å². The Morgan fingerprint density at radius 2 is 2.25 bits per heavy atom. The van der Waals surface area contributed by atoms with Crippen molar-refractivity contribution in [2.45, 2.75) is 31.8 Å². The molecule has 0 aromatic carbocycles. The summed E-state index contributed by atoms with van der Waals surface area (Å²) in [6.07, 6.45) is 1.31. The normalized spacial score (nSPS) is 19.6. The first-order valence-corrected chi connectivity index (χ1v) is 7.26. The lowest BCUT2D eigenvalue weighted by Gasteiger charge is -2.24. The zero-order valence-electron chi connectivity index (χ0n) is 11.0. The molecule has 0 aliphatic carbocycles. The molecular formula is C13H16N2O4S. The summed E-state index contributed by atoms with van der Waals surface area (Å²) in [6.45, 7) is 1.93. The summed E-state index contributed by atoms with van der Waals surface area (Å²) in [6, 6.07) is 1.98. The van der Waals surface area contributed by atoms with Crippen molar-refractivity contribution in [2.24, 2.45) is 0 Å². The fraction of sp³-hybridized carbons (Fsp3) is 0.462. The number of thiophene rings is 1. The van der Waals surface area contributed by atoms with Crippen molar-refractivity contribution >= 4 is 29.1 Å². The van der Waals surface area contributed by atoms with Crippen LogP contribution in [-0.4, -0.2) is 46.4 Å². The monoisotopic (exact) mass is 296 g/mol. The fourth-order valence-electron chi connectivity index (χ4n) is 2.20. The minimum absolute atomic E-state index is 0.166. The van der Waals surface area contributed by atoms with Crippen molar-refractivity contribution in [1.29, 1.82) is 0 Å². The number of carboxylic acids is 1. The Morgan fingerprint density at radius 1 is 1.50 bits per heavy atom. The molecule has 2 amide bonds. The maximum Gasteiger partial charge on any atom is 0.325 e. The van der Waals surface area contributed by atoms with Gasteiger partial charge in [0, 0.05) is 6.54 Å². The summed E-state index contributed by atoms with van der Waals surface area (Å²) in [5.74, 6) is -1.66. The van der Waals surface area contributed by atoms with Crippen LogP contribution in [0.25, 0.3) is 0 Å². The van der Waals surface area contributed by atoms with E-state index in [9.17, 15) is 14.4 Å². The molecule has 2 atom stereocenters. The number of nitrogens with zero attached hydrogens (tertiary/aromatic N) is 1. The molecule has 2 unspecified atom stereocenters. The average molecular weight is 296 g/mol. The SMILES string of the molecule is CC(NC(=O)C1CCCN1C(=O)c1cccs1)C(=O)O. The minimum atomic E-state index is -1.09. The lowest BCUT2D eigenvalue weighted by atomic mass is 10.2. The van der Waals surface area contributed by atoms with E-state index in [0.29, 0.717) is 17.8 Å². The number of amides is 2. The highest BCUT2D eigenvalue weighted by Gasteiger charge is 2.35. The number of likely N-dealkylation sites (tertiary alicyclic amines) is 1. The molecule has 0 saturated carbocycles. The molecule has 2 N–H and O–H groups in total. The number of aliphatic carboxylic acids is 1. The number of nitrogens with one attached hydrogen (secondary N) is 1. The molecular weight excluding hydrogens is 280 g/mol. The Hall–Kier alpha value is -1.89. The number of carbonyl (C=O) groups excluding carboxylic acids is 2. The average Bonchev–Trinajstić information content (AvgIpc) is 3.08. The van der Waals surface area contributed by atoms with E-state index in [-0.39, 0.29) is 5.91 Å². The molecule has 20 heavy (non-hydrogen) atoms. The summed E-state index contributed by atoms with van der Waals surface area (Å²) in [7, 11) is 0. The van der Waals surface area contributed by atoms with E-state index < -0.39 is 24.0 Å². The maximum atomic E-state index is 12.3. The Balaban J connectivity index is 2.05. The van der Waals surface area contributed by atoms with Gasteiger partial charge in [-0.1, -0.05) is 6.07 Å². The van der Waals surface area contributed by atoms with Crippen LogP contribution in [0.1, 0.15) is 29.4 Å². The Kier molecular flexibility index (Phi) is 4.39. The van der Waals surface area contributed by atoms with Gasteiger partial charge in [0.25, 0.3) is 5.91 Å². The molecule has 0 radical (unpaired) electrons. The van der Waals surface area contributed by atoms with Crippen molar-refractivity contribution in [1.82, 2.24) is 10.2 Å². The Morgan fingerprint density at radius 3 is 2.85 bits per heavy atom. The van der Waals surface area contributed by atoms with Crippen LogP contribution in [0.3, 0.4) is 0 Å². The number of hydrogen-bond donors (Lipinski definition) is 2.